The number of alkyl halides is 3. The van der Waals surface area contributed by atoms with Crippen LogP contribution in [0, 0.1) is 11.6 Å². The van der Waals surface area contributed by atoms with E-state index in [1.807, 2.05) is 9.80 Å². The van der Waals surface area contributed by atoms with Gasteiger partial charge in [-0.1, -0.05) is 25.3 Å². The molecule has 1 saturated heterocycles. The molecule has 13 heteroatoms. The van der Waals surface area contributed by atoms with Crippen LogP contribution in [-0.2, 0) is 23.1 Å². The molecule has 0 amide bonds. The summed E-state index contributed by atoms with van der Waals surface area (Å²) in [6.07, 6.45) is 4.60. The highest BCUT2D eigenvalue weighted by Crippen LogP contribution is 2.35. The molecule has 1 aromatic carbocycles. The summed E-state index contributed by atoms with van der Waals surface area (Å²) in [5.41, 5.74) is 1.68. The van der Waals surface area contributed by atoms with E-state index in [0.717, 1.165) is 24.4 Å². The summed E-state index contributed by atoms with van der Waals surface area (Å²) in [6, 6.07) is 2.07. The number of aromatic nitrogens is 2. The van der Waals surface area contributed by atoms with Crippen LogP contribution in [0.25, 0.3) is 0 Å². The molecule has 1 fully saturated rings. The van der Waals surface area contributed by atoms with Gasteiger partial charge in [0.25, 0.3) is 0 Å². The molecule has 7 nitrogen and oxygen atoms in total. The zero-order chi connectivity index (χ0) is 26.1. The Morgan fingerprint density at radius 2 is 1.83 bits per heavy atom. The van der Waals surface area contributed by atoms with E-state index in [4.69, 9.17) is 5.73 Å². The molecule has 2 unspecified atom stereocenters. The van der Waals surface area contributed by atoms with Crippen molar-refractivity contribution in [1.82, 2.24) is 19.0 Å². The third-order valence-electron chi connectivity index (χ3n) is 6.00. The molecule has 35 heavy (non-hydrogen) atoms. The van der Waals surface area contributed by atoms with Crippen molar-refractivity contribution in [3.8, 4) is 0 Å². The Morgan fingerprint density at radius 1 is 1.17 bits per heavy atom. The van der Waals surface area contributed by atoms with Crippen molar-refractivity contribution in [1.29, 1.82) is 0 Å². The van der Waals surface area contributed by atoms with Gasteiger partial charge in [0.2, 0.25) is 0 Å². The van der Waals surface area contributed by atoms with E-state index in [1.165, 1.54) is 0 Å². The number of hydrogen-bond acceptors (Lipinski definition) is 6. The van der Waals surface area contributed by atoms with Crippen molar-refractivity contribution in [2.24, 2.45) is 5.73 Å². The molecule has 0 saturated carbocycles. The van der Waals surface area contributed by atoms with Gasteiger partial charge in [0, 0.05) is 49.0 Å². The van der Waals surface area contributed by atoms with E-state index in [-0.39, 0.29) is 34.5 Å². The Hall–Kier alpha value is -2.61. The number of piperidine rings is 1. The molecule has 4 rings (SSSR count). The highest BCUT2D eigenvalue weighted by atomic mass is 32.2. The lowest BCUT2D eigenvalue weighted by Gasteiger charge is -2.44. The summed E-state index contributed by atoms with van der Waals surface area (Å²) in [4.78, 5) is 3.76. The molecule has 2 aliphatic heterocycles. The molecular formula is C22H26F5N5O2S. The Labute approximate surface area is 200 Å². The maximum absolute atomic E-state index is 14.3. The van der Waals surface area contributed by atoms with Gasteiger partial charge in [-0.2, -0.15) is 30.8 Å². The number of benzene rings is 1. The largest absolute Gasteiger partial charge is 0.518 e. The van der Waals surface area contributed by atoms with Crippen LogP contribution >= 0.6 is 0 Å². The topological polar surface area (TPSA) is 84.5 Å². The van der Waals surface area contributed by atoms with Crippen molar-refractivity contribution in [2.75, 3.05) is 13.6 Å². The Morgan fingerprint density at radius 3 is 2.37 bits per heavy atom. The normalized spacial score (nSPS) is 23.3. The van der Waals surface area contributed by atoms with Gasteiger partial charge < -0.3 is 5.73 Å². The number of likely N-dealkylation sites (tertiary alicyclic amines) is 1. The van der Waals surface area contributed by atoms with Crippen molar-refractivity contribution in [2.45, 2.75) is 43.1 Å². The second-order valence-corrected chi connectivity index (χ2v) is 10.2. The third kappa shape index (κ3) is 5.47. The van der Waals surface area contributed by atoms with E-state index in [1.54, 1.807) is 19.2 Å². The molecular weight excluding hydrogens is 493 g/mol. The quantitative estimate of drug-likeness (QED) is 0.493. The zero-order valence-corrected chi connectivity index (χ0v) is 19.7. The average Bonchev–Trinajstić information content (AvgIpc) is 3.35. The Balaban J connectivity index is 0.000000795. The van der Waals surface area contributed by atoms with Crippen molar-refractivity contribution < 1.29 is 30.4 Å². The molecule has 2 aliphatic rings. The van der Waals surface area contributed by atoms with Gasteiger partial charge in [0.15, 0.2) is 0 Å². The maximum atomic E-state index is 14.3. The second kappa shape index (κ2) is 10.2. The minimum Gasteiger partial charge on any atom is -0.326 e. The van der Waals surface area contributed by atoms with Crippen LogP contribution in [0.3, 0.4) is 0 Å². The van der Waals surface area contributed by atoms with Gasteiger partial charge in [-0.25, -0.2) is 8.78 Å². The molecule has 3 atom stereocenters. The SMILES string of the molecule is C=CC=C.CN1CC(N2Cc3cn(S(=O)(=O)C(F)(F)F)nc3C2)CC(N)[C@H]1c1cc(F)ccc1F. The van der Waals surface area contributed by atoms with Gasteiger partial charge in [0.05, 0.1) is 11.7 Å². The minimum absolute atomic E-state index is 0.0313. The predicted molar refractivity (Wildman–Crippen MR) is 120 cm³/mol. The van der Waals surface area contributed by atoms with Crippen LogP contribution in [0.2, 0.25) is 0 Å². The summed E-state index contributed by atoms with van der Waals surface area (Å²) in [5, 5.41) is 3.63. The number of allylic oxidation sites excluding steroid dienone is 2. The maximum Gasteiger partial charge on any atom is 0.518 e. The number of halogens is 5. The standard InChI is InChI=1S/C18H20F5N5O2S.C4H6/c1-26-8-12(5-15(24)17(26)13-4-11(19)2-3-14(13)20)27-6-10-7-28(25-16(10)9-27)31(29,30)18(21,22)23;1-3-4-2/h2-4,7,12,15,17H,5-6,8-9,24H2,1H3;3-4H,1-2H2/t12?,15?,17-;/m1./s1. The van der Waals surface area contributed by atoms with Crippen molar-refractivity contribution in [3.63, 3.8) is 0 Å². The van der Waals surface area contributed by atoms with Gasteiger partial charge in [0.1, 0.15) is 11.6 Å². The van der Waals surface area contributed by atoms with E-state index >= 15 is 0 Å². The zero-order valence-electron chi connectivity index (χ0n) is 18.9. The average molecular weight is 520 g/mol. The summed E-state index contributed by atoms with van der Waals surface area (Å²) >= 11 is 0. The number of likely N-dealkylation sites (N-methyl/N-ethyl adjacent to an activating group) is 1. The molecule has 3 heterocycles. The first kappa shape index (κ1) is 27.0. The summed E-state index contributed by atoms with van der Waals surface area (Å²) in [7, 11) is -3.82. The van der Waals surface area contributed by atoms with E-state index in [9.17, 15) is 30.4 Å². The fraction of sp³-hybridized carbons (Fsp3) is 0.409. The monoisotopic (exact) mass is 519 g/mol. The van der Waals surface area contributed by atoms with Crippen LogP contribution in [0.15, 0.2) is 49.7 Å². The first-order chi connectivity index (χ1) is 16.3. The van der Waals surface area contributed by atoms with Gasteiger partial charge in [-0.3, -0.25) is 9.80 Å². The first-order valence-electron chi connectivity index (χ1n) is 10.6. The lowest BCUT2D eigenvalue weighted by Crippen LogP contribution is -2.54. The molecule has 0 aliphatic carbocycles. The molecule has 0 radical (unpaired) electrons. The molecule has 1 aromatic heterocycles. The highest BCUT2D eigenvalue weighted by Gasteiger charge is 2.49. The van der Waals surface area contributed by atoms with Crippen molar-refractivity contribution in [3.05, 3.63) is 78.2 Å². The van der Waals surface area contributed by atoms with Gasteiger partial charge >= 0.3 is 15.5 Å². The lowest BCUT2D eigenvalue weighted by molar-refractivity contribution is -0.0449. The number of fused-ring (bicyclic) bond motifs is 1. The fourth-order valence-electron chi connectivity index (χ4n) is 4.40. The minimum atomic E-state index is -5.57. The molecule has 0 spiro atoms. The lowest BCUT2D eigenvalue weighted by atomic mass is 9.88. The van der Waals surface area contributed by atoms with Crippen LogP contribution in [0.1, 0.15) is 29.3 Å². The highest BCUT2D eigenvalue weighted by molar-refractivity contribution is 7.90. The van der Waals surface area contributed by atoms with Crippen LogP contribution in [0.4, 0.5) is 22.0 Å². The van der Waals surface area contributed by atoms with Crippen LogP contribution in [0.5, 0.6) is 0 Å². The number of nitrogens with zero attached hydrogens (tertiary/aromatic N) is 4. The third-order valence-corrected chi connectivity index (χ3v) is 7.27. The van der Waals surface area contributed by atoms with Crippen molar-refractivity contribution >= 4 is 10.0 Å². The van der Waals surface area contributed by atoms with Gasteiger partial charge in [-0.15, -0.1) is 0 Å². The Bertz CT molecular complexity index is 1160. The predicted octanol–water partition coefficient (Wildman–Crippen LogP) is 3.31. The Kier molecular flexibility index (Phi) is 7.84. The van der Waals surface area contributed by atoms with Crippen LogP contribution < -0.4 is 5.73 Å². The summed E-state index contributed by atoms with van der Waals surface area (Å²) < 4.78 is 89.1. The van der Waals surface area contributed by atoms with E-state index in [0.29, 0.717) is 18.5 Å². The van der Waals surface area contributed by atoms with E-state index < -0.39 is 39.2 Å². The van der Waals surface area contributed by atoms with Crippen LogP contribution in [-0.4, -0.2) is 58.6 Å². The molecule has 2 aromatic rings. The second-order valence-electron chi connectivity index (χ2n) is 8.40. The number of hydrogen-bond donors (Lipinski definition) is 1. The fourth-order valence-corrected chi connectivity index (χ4v) is 5.09. The van der Waals surface area contributed by atoms with Gasteiger partial charge in [-0.05, 0) is 31.7 Å². The molecule has 192 valence electrons. The number of rotatable bonds is 4. The number of nitrogens with two attached hydrogens (primary N) is 1. The molecule has 0 bridgehead atoms. The molecule has 2 N–H and O–H groups in total. The summed E-state index contributed by atoms with van der Waals surface area (Å²) in [5.74, 6) is -1.11. The van der Waals surface area contributed by atoms with E-state index in [2.05, 4.69) is 18.3 Å². The first-order valence-corrected chi connectivity index (χ1v) is 12.0. The smallest absolute Gasteiger partial charge is 0.326 e. The summed E-state index contributed by atoms with van der Waals surface area (Å²) in [6.45, 7) is 7.56.